The molecule has 0 bridgehead atoms. The summed E-state index contributed by atoms with van der Waals surface area (Å²) in [5.74, 6) is 0.884. The van der Waals surface area contributed by atoms with Gasteiger partial charge >= 0.3 is 0 Å². The summed E-state index contributed by atoms with van der Waals surface area (Å²) in [6, 6.07) is 7.44. The fraction of sp³-hybridized carbons (Fsp3) is 0.533. The third-order valence-electron chi connectivity index (χ3n) is 2.95. The first kappa shape index (κ1) is 15.5. The van der Waals surface area contributed by atoms with Gasteiger partial charge in [0.15, 0.2) is 0 Å². The molecule has 106 valence electrons. The largest absolute Gasteiger partial charge is 0.494 e. The molecule has 0 heterocycles. The minimum absolute atomic E-state index is 0.116. The monoisotopic (exact) mass is 265 g/mol. The molecular formula is C15H23NO3. The summed E-state index contributed by atoms with van der Waals surface area (Å²) in [7, 11) is 3.50. The molecule has 0 aliphatic carbocycles. The summed E-state index contributed by atoms with van der Waals surface area (Å²) in [5.41, 5.74) is 0.901. The van der Waals surface area contributed by atoms with E-state index in [-0.39, 0.29) is 5.91 Å². The van der Waals surface area contributed by atoms with E-state index >= 15 is 0 Å². The van der Waals surface area contributed by atoms with Gasteiger partial charge in [-0.1, -0.05) is 19.1 Å². The van der Waals surface area contributed by atoms with Crippen LogP contribution in [-0.2, 0) is 4.79 Å². The lowest BCUT2D eigenvalue weighted by Crippen LogP contribution is -2.21. The molecule has 1 amide bonds. The summed E-state index contributed by atoms with van der Waals surface area (Å²) in [5, 5.41) is 9.66. The van der Waals surface area contributed by atoms with Crippen LogP contribution in [0.15, 0.2) is 24.3 Å². The molecule has 1 aromatic rings. The van der Waals surface area contributed by atoms with Crippen LogP contribution < -0.4 is 4.74 Å². The van der Waals surface area contributed by atoms with Crippen molar-refractivity contribution < 1.29 is 14.6 Å². The molecule has 0 unspecified atom stereocenters. The molecule has 0 fully saturated rings. The number of ether oxygens (including phenoxy) is 1. The van der Waals surface area contributed by atoms with Crippen molar-refractivity contribution in [2.45, 2.75) is 32.3 Å². The van der Waals surface area contributed by atoms with E-state index < -0.39 is 6.10 Å². The molecule has 0 radical (unpaired) electrons. The van der Waals surface area contributed by atoms with Crippen molar-refractivity contribution in [1.29, 1.82) is 0 Å². The Bertz CT molecular complexity index is 387. The smallest absolute Gasteiger partial charge is 0.222 e. The van der Waals surface area contributed by atoms with E-state index in [4.69, 9.17) is 4.74 Å². The van der Waals surface area contributed by atoms with E-state index in [2.05, 4.69) is 0 Å². The maximum atomic E-state index is 11.3. The summed E-state index contributed by atoms with van der Waals surface area (Å²) in [4.78, 5) is 12.9. The summed E-state index contributed by atoms with van der Waals surface area (Å²) < 4.78 is 5.55. The van der Waals surface area contributed by atoms with Crippen LogP contribution in [0.3, 0.4) is 0 Å². The third-order valence-corrected chi connectivity index (χ3v) is 2.95. The first-order valence-electron chi connectivity index (χ1n) is 6.65. The molecule has 4 nitrogen and oxygen atoms in total. The Morgan fingerprint density at radius 3 is 2.47 bits per heavy atom. The number of amides is 1. The lowest BCUT2D eigenvalue weighted by Gasteiger charge is -2.11. The van der Waals surface area contributed by atoms with E-state index in [1.165, 1.54) is 0 Å². The van der Waals surface area contributed by atoms with E-state index in [0.29, 0.717) is 25.9 Å². The zero-order chi connectivity index (χ0) is 14.3. The van der Waals surface area contributed by atoms with Crippen LogP contribution in [0.25, 0.3) is 0 Å². The highest BCUT2D eigenvalue weighted by molar-refractivity contribution is 5.75. The maximum Gasteiger partial charge on any atom is 0.222 e. The van der Waals surface area contributed by atoms with Crippen molar-refractivity contribution in [3.63, 3.8) is 0 Å². The number of carbonyl (C=O) groups excluding carboxylic acids is 1. The molecule has 1 rings (SSSR count). The second-order valence-corrected chi connectivity index (χ2v) is 4.73. The zero-order valence-corrected chi connectivity index (χ0v) is 11.9. The van der Waals surface area contributed by atoms with Crippen LogP contribution in [0.4, 0.5) is 0 Å². The van der Waals surface area contributed by atoms with Gasteiger partial charge in [0.1, 0.15) is 5.75 Å². The van der Waals surface area contributed by atoms with E-state index in [1.54, 1.807) is 19.0 Å². The molecule has 1 aromatic carbocycles. The van der Waals surface area contributed by atoms with Gasteiger partial charge in [-0.05, 0) is 30.5 Å². The first-order chi connectivity index (χ1) is 9.04. The van der Waals surface area contributed by atoms with E-state index in [1.807, 2.05) is 31.2 Å². The van der Waals surface area contributed by atoms with Gasteiger partial charge in [-0.25, -0.2) is 0 Å². The topological polar surface area (TPSA) is 49.8 Å². The highest BCUT2D eigenvalue weighted by Crippen LogP contribution is 2.19. The van der Waals surface area contributed by atoms with Crippen LogP contribution in [0, 0.1) is 0 Å². The normalized spacial score (nSPS) is 12.0. The molecule has 0 aliphatic heterocycles. The lowest BCUT2D eigenvalue weighted by molar-refractivity contribution is -0.128. The molecule has 0 saturated heterocycles. The Hall–Kier alpha value is -1.55. The number of carbonyl (C=O) groups is 1. The molecule has 1 atom stereocenters. The molecule has 0 spiro atoms. The Kier molecular flexibility index (Phi) is 6.36. The van der Waals surface area contributed by atoms with E-state index in [9.17, 15) is 9.90 Å². The zero-order valence-electron chi connectivity index (χ0n) is 11.9. The SMILES string of the molecule is CC[C@H](O)c1ccc(OCCCC(=O)N(C)C)cc1. The van der Waals surface area contributed by atoms with Crippen molar-refractivity contribution >= 4 is 5.91 Å². The molecule has 0 saturated carbocycles. The van der Waals surface area contributed by atoms with Crippen LogP contribution in [0.1, 0.15) is 37.9 Å². The van der Waals surface area contributed by atoms with Gasteiger partial charge < -0.3 is 14.7 Å². The van der Waals surface area contributed by atoms with Crippen LogP contribution >= 0.6 is 0 Å². The minimum atomic E-state index is -0.410. The highest BCUT2D eigenvalue weighted by atomic mass is 16.5. The summed E-state index contributed by atoms with van der Waals surface area (Å²) in [6.07, 6.45) is 1.50. The summed E-state index contributed by atoms with van der Waals surface area (Å²) in [6.45, 7) is 2.46. The van der Waals surface area contributed by atoms with Gasteiger partial charge in [0.2, 0.25) is 5.91 Å². The van der Waals surface area contributed by atoms with Crippen LogP contribution in [0.5, 0.6) is 5.75 Å². The second-order valence-electron chi connectivity index (χ2n) is 4.73. The van der Waals surface area contributed by atoms with Gasteiger partial charge in [-0.3, -0.25) is 4.79 Å². The fourth-order valence-electron chi connectivity index (χ4n) is 1.66. The number of hydrogen-bond acceptors (Lipinski definition) is 3. The average molecular weight is 265 g/mol. The Morgan fingerprint density at radius 2 is 1.95 bits per heavy atom. The minimum Gasteiger partial charge on any atom is -0.494 e. The van der Waals surface area contributed by atoms with Gasteiger partial charge in [0.05, 0.1) is 12.7 Å². The molecule has 19 heavy (non-hydrogen) atoms. The quantitative estimate of drug-likeness (QED) is 0.770. The van der Waals surface area contributed by atoms with Gasteiger partial charge in [-0.15, -0.1) is 0 Å². The number of aliphatic hydroxyl groups is 1. The number of hydrogen-bond donors (Lipinski definition) is 1. The molecular weight excluding hydrogens is 242 g/mol. The summed E-state index contributed by atoms with van der Waals surface area (Å²) >= 11 is 0. The van der Waals surface area contributed by atoms with E-state index in [0.717, 1.165) is 11.3 Å². The fourth-order valence-corrected chi connectivity index (χ4v) is 1.66. The Balaban J connectivity index is 2.32. The molecule has 4 heteroatoms. The van der Waals surface area contributed by atoms with Crippen LogP contribution in [-0.4, -0.2) is 36.6 Å². The Labute approximate surface area is 115 Å². The lowest BCUT2D eigenvalue weighted by atomic mass is 10.1. The van der Waals surface area contributed by atoms with Crippen LogP contribution in [0.2, 0.25) is 0 Å². The molecule has 0 aromatic heterocycles. The predicted octanol–water partition coefficient (Wildman–Crippen LogP) is 2.38. The van der Waals surface area contributed by atoms with Gasteiger partial charge in [-0.2, -0.15) is 0 Å². The maximum absolute atomic E-state index is 11.3. The standard InChI is InChI=1S/C15H23NO3/c1-4-14(17)12-7-9-13(10-8-12)19-11-5-6-15(18)16(2)3/h7-10,14,17H,4-6,11H2,1-3H3/t14-/m0/s1. The van der Waals surface area contributed by atoms with Crippen molar-refractivity contribution in [3.8, 4) is 5.75 Å². The number of aliphatic hydroxyl groups excluding tert-OH is 1. The number of benzene rings is 1. The highest BCUT2D eigenvalue weighted by Gasteiger charge is 2.05. The van der Waals surface area contributed by atoms with Gasteiger partial charge in [0.25, 0.3) is 0 Å². The van der Waals surface area contributed by atoms with Crippen molar-refractivity contribution in [2.24, 2.45) is 0 Å². The number of nitrogens with zero attached hydrogens (tertiary/aromatic N) is 1. The van der Waals surface area contributed by atoms with Crippen molar-refractivity contribution in [2.75, 3.05) is 20.7 Å². The van der Waals surface area contributed by atoms with Crippen molar-refractivity contribution in [1.82, 2.24) is 4.90 Å². The van der Waals surface area contributed by atoms with Crippen molar-refractivity contribution in [3.05, 3.63) is 29.8 Å². The van der Waals surface area contributed by atoms with Gasteiger partial charge in [0, 0.05) is 20.5 Å². The Morgan fingerprint density at radius 1 is 1.32 bits per heavy atom. The molecule has 0 aliphatic rings. The molecule has 1 N–H and O–H groups in total. The second kappa shape index (κ2) is 7.79. The number of rotatable bonds is 7. The first-order valence-corrected chi connectivity index (χ1v) is 6.65. The average Bonchev–Trinajstić information content (AvgIpc) is 2.43. The third kappa shape index (κ3) is 5.30. The predicted molar refractivity (Wildman–Crippen MR) is 75.1 cm³/mol.